The molecule has 0 aliphatic carbocycles. The molecule has 4 amide bonds. The number of anilines is 2. The van der Waals surface area contributed by atoms with Crippen LogP contribution >= 0.6 is 0 Å². The molecule has 2 aliphatic heterocycles. The molecule has 10 rings (SSSR count). The van der Waals surface area contributed by atoms with E-state index in [0.717, 1.165) is 53.6 Å². The Morgan fingerprint density at radius 3 is 1.39 bits per heavy atom. The quantitative estimate of drug-likeness (QED) is 0.0600. The van der Waals surface area contributed by atoms with E-state index in [2.05, 4.69) is 89.1 Å². The number of rotatable bonds is 22. The number of carbonyl (C=O) groups is 6. The Kier molecular flexibility index (Phi) is 21.2. The van der Waals surface area contributed by atoms with Gasteiger partial charge in [-0.15, -0.1) is 20.4 Å². The highest BCUT2D eigenvalue weighted by atomic mass is 16.6. The molecule has 8 aromatic rings. The van der Waals surface area contributed by atoms with Gasteiger partial charge in [-0.2, -0.15) is 9.59 Å². The van der Waals surface area contributed by atoms with Crippen molar-refractivity contribution in [2.24, 2.45) is 11.8 Å². The number of nitrogens with zero attached hydrogens (tertiary/aromatic N) is 14. The monoisotopic (exact) mass is 1250 g/mol. The van der Waals surface area contributed by atoms with Crippen LogP contribution in [0, 0.1) is 11.8 Å². The highest BCUT2D eigenvalue weighted by Gasteiger charge is 2.30. The third-order valence-electron chi connectivity index (χ3n) is 15.0. The minimum atomic E-state index is -0.612. The second-order valence-corrected chi connectivity index (χ2v) is 24.2. The van der Waals surface area contributed by atoms with Gasteiger partial charge < -0.3 is 39.4 Å². The lowest BCUT2D eigenvalue weighted by Crippen LogP contribution is -2.41. The van der Waals surface area contributed by atoms with Crippen molar-refractivity contribution in [1.29, 1.82) is 0 Å². The van der Waals surface area contributed by atoms with Gasteiger partial charge in [0.05, 0.1) is 42.1 Å². The summed E-state index contributed by atoms with van der Waals surface area (Å²) in [7, 11) is 0. The lowest BCUT2D eigenvalue weighted by atomic mass is 10.0. The first-order chi connectivity index (χ1) is 44.0. The molecule has 6 heterocycles. The minimum Gasteiger partial charge on any atom is -0.482 e. The van der Waals surface area contributed by atoms with E-state index >= 15 is 0 Å². The molecule has 2 aliphatic rings. The van der Waals surface area contributed by atoms with Gasteiger partial charge in [-0.05, 0) is 147 Å². The zero-order chi connectivity index (χ0) is 65.7. The normalized spacial score (nSPS) is 12.9. The Morgan fingerprint density at radius 1 is 0.511 bits per heavy atom. The molecular formula is C66H76N16O10. The second-order valence-electron chi connectivity index (χ2n) is 24.2. The molecule has 480 valence electrons. The third-order valence-corrected chi connectivity index (χ3v) is 15.0. The summed E-state index contributed by atoms with van der Waals surface area (Å²) in [5.74, 6) is 0.745. The number of hydrogen-bond donors (Lipinski definition) is 2. The zero-order valence-corrected chi connectivity index (χ0v) is 53.4. The van der Waals surface area contributed by atoms with E-state index in [1.54, 1.807) is 103 Å². The predicted molar refractivity (Wildman–Crippen MR) is 338 cm³/mol. The molecule has 2 N–H and O–H groups in total. The van der Waals surface area contributed by atoms with Gasteiger partial charge in [0.1, 0.15) is 58.1 Å². The number of tetrazole rings is 2. The van der Waals surface area contributed by atoms with E-state index in [-0.39, 0.29) is 74.3 Å². The predicted octanol–water partition coefficient (Wildman–Crippen LogP) is 8.60. The zero-order valence-electron chi connectivity index (χ0n) is 53.4. The standard InChI is InChI=1S/C39H40N8O7.C27H36N8O3/c1-38(2,3)53-36(50)27-12-7-24(8-13-27)20-46-31-17-26(11-16-32(31)52-22-33(46)48)19-40-35(49)30-18-29(41-23-42-30)34-43-45-47(44-34)21-25-9-14-28(15-10-25)37(51)54-39(4,5)6;1-5-18(6-2)14-34-23-11-20(9-10-24(23)38-16-25(34)36)13-28-27(37)22-12-21(29-17-30-22)26-31-33-35(32-26)15-19(7-3)8-4/h7-18,23H,19-22H2,1-6H3,(H,40,49);9-12,17-19H,5-8,13-16H2,1-4H3,(H,28,37). The first-order valence-electron chi connectivity index (χ1n) is 30.6. The first-order valence-corrected chi connectivity index (χ1v) is 30.6. The Morgan fingerprint density at radius 2 is 0.924 bits per heavy atom. The van der Waals surface area contributed by atoms with Crippen molar-refractivity contribution in [2.45, 2.75) is 139 Å². The molecule has 0 atom stereocenters. The fraction of sp³-hybridized carbons (Fsp3) is 0.394. The molecule has 92 heavy (non-hydrogen) atoms. The van der Waals surface area contributed by atoms with E-state index in [1.165, 1.54) is 23.5 Å². The Balaban J connectivity index is 0.000000231. The largest absolute Gasteiger partial charge is 0.482 e. The summed E-state index contributed by atoms with van der Waals surface area (Å²) in [6.07, 6.45) is 6.64. The van der Waals surface area contributed by atoms with Crippen molar-refractivity contribution in [1.82, 2.24) is 71.0 Å². The molecule has 0 saturated carbocycles. The lowest BCUT2D eigenvalue weighted by Gasteiger charge is -2.32. The van der Waals surface area contributed by atoms with E-state index in [4.69, 9.17) is 18.9 Å². The average molecular weight is 1250 g/mol. The van der Waals surface area contributed by atoms with Crippen LogP contribution in [-0.4, -0.2) is 127 Å². The number of benzene rings is 4. The molecule has 26 heteroatoms. The van der Waals surface area contributed by atoms with E-state index in [0.29, 0.717) is 70.5 Å². The fourth-order valence-electron chi connectivity index (χ4n) is 9.77. The number of nitrogens with one attached hydrogen (secondary N) is 2. The topological polar surface area (TPSA) is 309 Å². The van der Waals surface area contributed by atoms with Crippen molar-refractivity contribution >= 4 is 46.9 Å². The molecule has 0 fully saturated rings. The molecule has 4 aromatic carbocycles. The van der Waals surface area contributed by atoms with Gasteiger partial charge in [0.2, 0.25) is 11.6 Å². The summed E-state index contributed by atoms with van der Waals surface area (Å²) in [6.45, 7) is 21.6. The number of hydrogen-bond acceptors (Lipinski definition) is 20. The molecule has 4 aromatic heterocycles. The maximum absolute atomic E-state index is 13.2. The van der Waals surface area contributed by atoms with Crippen molar-refractivity contribution in [3.8, 4) is 34.5 Å². The molecule has 26 nitrogen and oxygen atoms in total. The summed E-state index contributed by atoms with van der Waals surface area (Å²) in [4.78, 5) is 99.5. The number of amides is 4. The molecular weight excluding hydrogens is 1180 g/mol. The van der Waals surface area contributed by atoms with Gasteiger partial charge in [-0.3, -0.25) is 19.2 Å². The van der Waals surface area contributed by atoms with Crippen molar-refractivity contribution in [3.05, 3.63) is 154 Å². The maximum atomic E-state index is 13.2. The van der Waals surface area contributed by atoms with Gasteiger partial charge in [-0.1, -0.05) is 89.8 Å². The number of ether oxygens (including phenoxy) is 4. The molecule has 0 saturated heterocycles. The van der Waals surface area contributed by atoms with E-state index < -0.39 is 29.0 Å². The van der Waals surface area contributed by atoms with Gasteiger partial charge in [-0.25, -0.2) is 29.5 Å². The van der Waals surface area contributed by atoms with Crippen LogP contribution in [-0.2, 0) is 51.8 Å². The van der Waals surface area contributed by atoms with Crippen molar-refractivity contribution < 1.29 is 47.7 Å². The minimum absolute atomic E-state index is 0.0414. The van der Waals surface area contributed by atoms with Crippen LogP contribution in [0.3, 0.4) is 0 Å². The number of carbonyl (C=O) groups excluding carboxylic acids is 6. The number of aromatic nitrogens is 12. The van der Waals surface area contributed by atoms with Crippen LogP contribution in [0.1, 0.15) is 159 Å². The van der Waals surface area contributed by atoms with Gasteiger partial charge in [0.25, 0.3) is 23.6 Å². The molecule has 0 spiro atoms. The summed E-state index contributed by atoms with van der Waals surface area (Å²) < 4.78 is 22.2. The van der Waals surface area contributed by atoms with Crippen LogP contribution in [0.4, 0.5) is 11.4 Å². The van der Waals surface area contributed by atoms with Gasteiger partial charge in [0, 0.05) is 19.6 Å². The molecule has 0 radical (unpaired) electrons. The van der Waals surface area contributed by atoms with E-state index in [1.807, 2.05) is 43.9 Å². The van der Waals surface area contributed by atoms with Gasteiger partial charge in [0.15, 0.2) is 13.2 Å². The van der Waals surface area contributed by atoms with Crippen LogP contribution in [0.25, 0.3) is 23.0 Å². The van der Waals surface area contributed by atoms with Crippen LogP contribution in [0.5, 0.6) is 11.5 Å². The van der Waals surface area contributed by atoms with Crippen LogP contribution < -0.4 is 29.9 Å². The van der Waals surface area contributed by atoms with Gasteiger partial charge >= 0.3 is 11.9 Å². The number of fused-ring (bicyclic) bond motifs is 2. The fourth-order valence-corrected chi connectivity index (χ4v) is 9.77. The summed E-state index contributed by atoms with van der Waals surface area (Å²) in [5.41, 5.74) is 5.22. The number of esters is 2. The smallest absolute Gasteiger partial charge is 0.338 e. The second kappa shape index (κ2) is 29.5. The van der Waals surface area contributed by atoms with Crippen LogP contribution in [0.2, 0.25) is 0 Å². The molecule has 0 bridgehead atoms. The van der Waals surface area contributed by atoms with Crippen molar-refractivity contribution in [2.75, 3.05) is 29.6 Å². The average Bonchev–Trinajstić information content (AvgIpc) is 1.08. The van der Waals surface area contributed by atoms with Crippen LogP contribution in [0.15, 0.2) is 110 Å². The first kappa shape index (κ1) is 66.0. The molecule has 0 unspecified atom stereocenters. The SMILES string of the molecule is CC(C)(C)OC(=O)c1ccc(CN2C(=O)COc3ccc(CNC(=O)c4cc(-c5nnn(Cc6ccc(C(=O)OC(C)(C)C)cc6)n5)ncn4)cc32)cc1.CCC(CC)CN1C(=O)COc2ccc(CNC(=O)c3cc(-c4nnn(CC(CC)CC)n4)ncn3)cc21. The van der Waals surface area contributed by atoms with Crippen molar-refractivity contribution in [3.63, 3.8) is 0 Å². The Bertz CT molecular complexity index is 3920. The van der Waals surface area contributed by atoms with E-state index in [9.17, 15) is 28.8 Å². The highest BCUT2D eigenvalue weighted by Crippen LogP contribution is 2.36. The third kappa shape index (κ3) is 17.5. The Labute approximate surface area is 532 Å². The maximum Gasteiger partial charge on any atom is 0.338 e. The summed E-state index contributed by atoms with van der Waals surface area (Å²) >= 11 is 0. The lowest BCUT2D eigenvalue weighted by molar-refractivity contribution is -0.122. The summed E-state index contributed by atoms with van der Waals surface area (Å²) in [6, 6.07) is 27.9. The Hall–Kier alpha value is -10.4. The summed E-state index contributed by atoms with van der Waals surface area (Å²) in [5, 5.41) is 31.0. The highest BCUT2D eigenvalue weighted by molar-refractivity contribution is 5.99.